The summed E-state index contributed by atoms with van der Waals surface area (Å²) in [5.41, 5.74) is 24.0. The highest BCUT2D eigenvalue weighted by molar-refractivity contribution is 5.84. The van der Waals surface area contributed by atoms with Crippen LogP contribution in [-0.4, -0.2) is 66.6 Å². The molecule has 13 nitrogen and oxygen atoms in total. The minimum Gasteiger partial charge on any atom is -0.496 e. The van der Waals surface area contributed by atoms with Crippen LogP contribution in [0.3, 0.4) is 0 Å². The fourth-order valence-corrected chi connectivity index (χ4v) is 13.0. The molecule has 4 aliphatic carbocycles. The van der Waals surface area contributed by atoms with E-state index in [0.29, 0.717) is 40.7 Å². The number of hydrogen-bond donors (Lipinski definition) is 4. The fraction of sp³-hybridized carbons (Fsp3) is 0.459. The van der Waals surface area contributed by atoms with Crippen LogP contribution in [0.2, 0.25) is 0 Å². The third kappa shape index (κ3) is 16.9. The molecule has 0 atom stereocenters. The van der Waals surface area contributed by atoms with Crippen molar-refractivity contribution in [3.05, 3.63) is 195 Å². The Hall–Kier alpha value is -8.41. The van der Waals surface area contributed by atoms with E-state index < -0.39 is 23.1 Å². The van der Waals surface area contributed by atoms with E-state index in [2.05, 4.69) is 75.9 Å². The van der Waals surface area contributed by atoms with Crippen LogP contribution in [0.25, 0.3) is 19.4 Å². The van der Waals surface area contributed by atoms with Gasteiger partial charge in [0, 0.05) is 91.9 Å². The van der Waals surface area contributed by atoms with Gasteiger partial charge in [-0.3, -0.25) is 0 Å². The average molecular weight is 1220 g/mol. The SMILES string of the molecule is C1CC2(CCN1)CC2.COc1cc(C)ccc1CN.[C-]#[N+]c1c(F)cccc1F.[C-]#[N+]c1c(F)cccc1N1CCC2(CC1)CC2.[C-]#[N+]c1c(N)cccc1N1CCC2(CC1)CC2.[C-]#[N+]c1c(NCc2ccc(C)cc2OC)cccc1N1CCC2(CC1)CC2. The van der Waals surface area contributed by atoms with Crippen LogP contribution >= 0.6 is 0 Å². The van der Waals surface area contributed by atoms with Gasteiger partial charge in [0.25, 0.3) is 5.69 Å². The maximum atomic E-state index is 13.5. The number of halogens is 3. The number of benzene rings is 6. The minimum atomic E-state index is -0.810. The van der Waals surface area contributed by atoms with Crippen molar-refractivity contribution in [1.82, 2.24) is 5.32 Å². The zero-order valence-electron chi connectivity index (χ0n) is 53.0. The van der Waals surface area contributed by atoms with Crippen molar-refractivity contribution in [3.8, 4) is 11.5 Å². The Morgan fingerprint density at radius 3 is 1.23 bits per heavy atom. The molecule has 4 spiro atoms. The van der Waals surface area contributed by atoms with Crippen LogP contribution in [-0.2, 0) is 13.1 Å². The van der Waals surface area contributed by atoms with Gasteiger partial charge in [0.1, 0.15) is 29.0 Å². The summed E-state index contributed by atoms with van der Waals surface area (Å²) in [6.45, 7) is 42.5. The molecule has 4 aliphatic heterocycles. The van der Waals surface area contributed by atoms with Gasteiger partial charge in [0.05, 0.1) is 40.5 Å². The fourth-order valence-electron chi connectivity index (χ4n) is 13.0. The maximum absolute atomic E-state index is 13.5. The number of nitrogens with one attached hydrogen (secondary N) is 2. The lowest BCUT2D eigenvalue weighted by molar-refractivity contribution is 0.353. The number of para-hydroxylation sites is 4. The van der Waals surface area contributed by atoms with Crippen molar-refractivity contribution >= 4 is 51.2 Å². The average Bonchev–Trinajstić information content (AvgIpc) is 1.73. The molecule has 16 heteroatoms. The van der Waals surface area contributed by atoms with Gasteiger partial charge in [-0.25, -0.2) is 32.6 Å². The van der Waals surface area contributed by atoms with Crippen molar-refractivity contribution in [2.75, 3.05) is 92.3 Å². The number of rotatable bonds is 9. The number of ether oxygens (including phenoxy) is 2. The predicted molar refractivity (Wildman–Crippen MR) is 359 cm³/mol. The molecule has 90 heavy (non-hydrogen) atoms. The molecule has 6 aromatic carbocycles. The van der Waals surface area contributed by atoms with Crippen LogP contribution in [0.15, 0.2) is 109 Å². The van der Waals surface area contributed by atoms with E-state index >= 15 is 0 Å². The summed E-state index contributed by atoms with van der Waals surface area (Å²) in [6.07, 6.45) is 21.8. The van der Waals surface area contributed by atoms with Crippen molar-refractivity contribution in [2.24, 2.45) is 27.4 Å². The van der Waals surface area contributed by atoms with E-state index in [-0.39, 0.29) is 5.69 Å². The molecule has 6 N–H and O–H groups in total. The van der Waals surface area contributed by atoms with Gasteiger partial charge in [0.15, 0.2) is 0 Å². The number of aryl methyl sites for hydroxylation is 2. The lowest BCUT2D eigenvalue weighted by Gasteiger charge is -2.35. The number of methoxy groups -OCH3 is 2. The first-order valence-electron chi connectivity index (χ1n) is 32.0. The highest BCUT2D eigenvalue weighted by Gasteiger charge is 2.47. The Morgan fingerprint density at radius 2 is 0.833 bits per heavy atom. The summed E-state index contributed by atoms with van der Waals surface area (Å²) < 4.78 is 49.0. The van der Waals surface area contributed by atoms with Crippen molar-refractivity contribution in [2.45, 2.75) is 130 Å². The van der Waals surface area contributed by atoms with E-state index in [4.69, 9.17) is 47.2 Å². The molecule has 8 aliphatic rings. The quantitative estimate of drug-likeness (QED) is 0.0828. The first-order valence-corrected chi connectivity index (χ1v) is 32.0. The van der Waals surface area contributed by atoms with E-state index in [1.807, 2.05) is 61.5 Å². The lowest BCUT2D eigenvalue weighted by Crippen LogP contribution is -2.34. The smallest absolute Gasteiger partial charge is 0.256 e. The molecule has 4 saturated carbocycles. The standard InChI is InChI=1S/C23H27N3O.C14H15FN2.C14H17N3.C9H13NO.C7H3F2N.C7H13N/c1-17-7-8-18(21(15-17)27-3)16-25-19-5-4-6-20(22(19)24-2)26-13-11-23(9-10-23)12-14-26;2*1-16-13-11(15)3-2-4-12(13)17-9-7-14(5-6-14)8-10-17;1-7-3-4-8(6-10)9(5-7)11-2;1-10-7-5(8)3-2-4-6(7)9;1-2-7(1)3-5-8-6-4-7/h4-8,15,25H,9-14,16H2,1,3H3;2-4H,5-10H2;2-4H,5-10,15H2;3-5H,6,10H2,1-2H3;2-4H;8H,1-6H2. The van der Waals surface area contributed by atoms with Gasteiger partial charge in [-0.2, -0.15) is 0 Å². The summed E-state index contributed by atoms with van der Waals surface area (Å²) in [4.78, 5) is 20.4. The van der Waals surface area contributed by atoms with E-state index in [9.17, 15) is 13.2 Å². The summed E-state index contributed by atoms with van der Waals surface area (Å²) in [5.74, 6) is -0.254. The number of nitrogens with zero attached hydrogens (tertiary/aromatic N) is 7. The third-order valence-corrected chi connectivity index (χ3v) is 20.0. The molecule has 4 saturated heterocycles. The molecule has 0 radical (unpaired) electrons. The molecule has 0 unspecified atom stereocenters. The van der Waals surface area contributed by atoms with Crippen LogP contribution in [0, 0.1) is 79.2 Å². The molecule has 14 rings (SSSR count). The molecule has 472 valence electrons. The zero-order chi connectivity index (χ0) is 63.9. The van der Waals surface area contributed by atoms with E-state index in [0.717, 1.165) is 108 Å². The van der Waals surface area contributed by atoms with Gasteiger partial charge >= 0.3 is 0 Å². The number of anilines is 5. The molecule has 6 aromatic rings. The monoisotopic (exact) mass is 1220 g/mol. The first-order chi connectivity index (χ1) is 43.6. The van der Waals surface area contributed by atoms with Gasteiger partial charge < -0.3 is 46.3 Å². The maximum Gasteiger partial charge on any atom is 0.256 e. The predicted octanol–water partition coefficient (Wildman–Crippen LogP) is 17.6. The van der Waals surface area contributed by atoms with Gasteiger partial charge in [-0.15, -0.1) is 0 Å². The molecule has 8 fully saturated rings. The molecule has 4 heterocycles. The zero-order valence-corrected chi connectivity index (χ0v) is 53.0. The molecular formula is C74H88F3N11O2. The lowest BCUT2D eigenvalue weighted by atomic mass is 9.93. The number of nitrogen functional groups attached to an aromatic ring is 1. The second-order valence-electron chi connectivity index (χ2n) is 25.9. The van der Waals surface area contributed by atoms with Crippen LogP contribution in [0.1, 0.15) is 125 Å². The van der Waals surface area contributed by atoms with Crippen molar-refractivity contribution in [3.63, 3.8) is 0 Å². The summed E-state index contributed by atoms with van der Waals surface area (Å²) in [5, 5.41) is 6.84. The molecular weight excluding hydrogens is 1130 g/mol. The largest absolute Gasteiger partial charge is 0.496 e. The Kier molecular flexibility index (Phi) is 22.0. The Balaban J connectivity index is 0.000000134. The van der Waals surface area contributed by atoms with Gasteiger partial charge in [-0.1, -0.05) is 54.6 Å². The van der Waals surface area contributed by atoms with Crippen molar-refractivity contribution in [1.29, 1.82) is 0 Å². The topological polar surface area (TPSA) is 122 Å². The summed E-state index contributed by atoms with van der Waals surface area (Å²) in [6, 6.07) is 32.4. The number of nitrogens with two attached hydrogens (primary N) is 2. The number of piperidine rings is 4. The number of hydrogen-bond acceptors (Lipinski definition) is 9. The first kappa shape index (κ1) is 66.0. The molecule has 0 aromatic heterocycles. The van der Waals surface area contributed by atoms with Crippen LogP contribution in [0.4, 0.5) is 64.4 Å². The second kappa shape index (κ2) is 29.9. The third-order valence-electron chi connectivity index (χ3n) is 20.0. The van der Waals surface area contributed by atoms with Crippen LogP contribution < -0.4 is 46.3 Å². The second-order valence-corrected chi connectivity index (χ2v) is 25.9. The summed E-state index contributed by atoms with van der Waals surface area (Å²) >= 11 is 0. The molecule has 0 amide bonds. The Morgan fingerprint density at radius 1 is 0.467 bits per heavy atom. The van der Waals surface area contributed by atoms with Gasteiger partial charge in [-0.05, 0) is 217 Å². The highest BCUT2D eigenvalue weighted by Crippen LogP contribution is 2.57. The van der Waals surface area contributed by atoms with E-state index in [1.54, 1.807) is 20.3 Å². The highest BCUT2D eigenvalue weighted by atomic mass is 19.1. The Labute approximate surface area is 532 Å². The van der Waals surface area contributed by atoms with Gasteiger partial charge in [0.2, 0.25) is 17.1 Å². The summed E-state index contributed by atoms with van der Waals surface area (Å²) in [7, 11) is 3.36. The Bertz CT molecular complexity index is 3470. The van der Waals surface area contributed by atoms with E-state index in [1.165, 1.54) is 139 Å². The molecule has 0 bridgehead atoms. The normalized spacial score (nSPS) is 18.4. The van der Waals surface area contributed by atoms with Crippen molar-refractivity contribution < 1.29 is 22.6 Å². The van der Waals surface area contributed by atoms with Crippen LogP contribution in [0.5, 0.6) is 11.5 Å². The minimum absolute atomic E-state index is 0.180.